The summed E-state index contributed by atoms with van der Waals surface area (Å²) in [5.41, 5.74) is 12.1. The summed E-state index contributed by atoms with van der Waals surface area (Å²) in [6, 6.07) is 9.91. The highest BCUT2D eigenvalue weighted by molar-refractivity contribution is 7.10. The molecule has 0 bridgehead atoms. The minimum Gasteiger partial charge on any atom is -0.395 e. The van der Waals surface area contributed by atoms with E-state index in [4.69, 9.17) is 11.5 Å². The maximum absolute atomic E-state index is 13.8. The summed E-state index contributed by atoms with van der Waals surface area (Å²) >= 11 is 2.15. The molecule has 0 saturated carbocycles. The van der Waals surface area contributed by atoms with Gasteiger partial charge in [0.25, 0.3) is 11.8 Å². The lowest BCUT2D eigenvalue weighted by atomic mass is 10.1. The first-order valence-electron chi connectivity index (χ1n) is 9.80. The van der Waals surface area contributed by atoms with Crippen molar-refractivity contribution in [1.29, 1.82) is 0 Å². The Bertz CT molecular complexity index is 1130. The highest BCUT2D eigenvalue weighted by Gasteiger charge is 2.37. The number of carbonyl (C=O) groups excluding carboxylic acids is 3. The Labute approximate surface area is 194 Å². The molecule has 0 spiro atoms. The van der Waals surface area contributed by atoms with Crippen LogP contribution in [0.1, 0.15) is 57.4 Å². The molecule has 2 aromatic heterocycles. The van der Waals surface area contributed by atoms with Crippen molar-refractivity contribution in [2.24, 2.45) is 5.73 Å². The number of primary amides is 1. The van der Waals surface area contributed by atoms with Gasteiger partial charge in [0.2, 0.25) is 5.91 Å². The molecule has 0 unspecified atom stereocenters. The molecule has 0 radical (unpaired) electrons. The van der Waals surface area contributed by atoms with E-state index in [1.165, 1.54) is 16.2 Å². The van der Waals surface area contributed by atoms with Gasteiger partial charge >= 0.3 is 0 Å². The van der Waals surface area contributed by atoms with Crippen molar-refractivity contribution in [1.82, 2.24) is 9.69 Å². The van der Waals surface area contributed by atoms with E-state index in [1.807, 2.05) is 51.3 Å². The number of amides is 3. The van der Waals surface area contributed by atoms with Crippen molar-refractivity contribution < 1.29 is 14.4 Å². The van der Waals surface area contributed by atoms with Crippen LogP contribution in [0, 0.1) is 6.92 Å². The molecule has 0 aliphatic heterocycles. The van der Waals surface area contributed by atoms with E-state index in [-0.39, 0.29) is 22.2 Å². The molecule has 3 rings (SSSR count). The number of benzene rings is 1. The third-order valence-corrected chi connectivity index (χ3v) is 6.28. The lowest BCUT2D eigenvalue weighted by molar-refractivity contribution is -0.123. The Morgan fingerprint density at radius 3 is 2.28 bits per heavy atom. The first kappa shape index (κ1) is 23.4. The Morgan fingerprint density at radius 1 is 1.12 bits per heavy atom. The number of nitrogens with zero attached hydrogens (tertiary/aromatic N) is 2. The van der Waals surface area contributed by atoms with Crippen LogP contribution in [0.2, 0.25) is 0 Å². The first-order chi connectivity index (χ1) is 15.0. The molecule has 0 saturated heterocycles. The fourth-order valence-corrected chi connectivity index (χ4v) is 4.64. The molecule has 10 heteroatoms. The number of rotatable bonds is 6. The number of aromatic nitrogens is 1. The van der Waals surface area contributed by atoms with Gasteiger partial charge in [-0.25, -0.2) is 0 Å². The zero-order chi connectivity index (χ0) is 23.6. The second-order valence-electron chi connectivity index (χ2n) is 8.31. The van der Waals surface area contributed by atoms with Gasteiger partial charge in [-0.3, -0.25) is 19.3 Å². The van der Waals surface area contributed by atoms with Gasteiger partial charge in [-0.05, 0) is 62.8 Å². The van der Waals surface area contributed by atoms with Crippen molar-refractivity contribution in [3.63, 3.8) is 0 Å². The number of aryl methyl sites for hydroxylation is 1. The number of carbonyl (C=O) groups is 3. The van der Waals surface area contributed by atoms with Crippen LogP contribution in [0.5, 0.6) is 0 Å². The van der Waals surface area contributed by atoms with Gasteiger partial charge in [-0.1, -0.05) is 23.8 Å². The zero-order valence-electron chi connectivity index (χ0n) is 18.2. The van der Waals surface area contributed by atoms with E-state index in [1.54, 1.807) is 18.2 Å². The lowest BCUT2D eigenvalue weighted by Gasteiger charge is -2.33. The summed E-state index contributed by atoms with van der Waals surface area (Å²) in [7, 11) is 0. The van der Waals surface area contributed by atoms with Crippen LogP contribution in [0.25, 0.3) is 0 Å². The molecule has 0 fully saturated rings. The number of thiophene rings is 1. The number of hydrogen-bond acceptors (Lipinski definition) is 7. The SMILES string of the molecule is Cc1ccc(N(C(=O)c2snc(C(N)=O)c2N)[C@H](C(=O)NC(C)(C)C)c2cccs2)cc1. The number of nitrogens with one attached hydrogen (secondary N) is 1. The molecule has 1 aromatic carbocycles. The molecule has 3 amide bonds. The Kier molecular flexibility index (Phi) is 6.65. The predicted molar refractivity (Wildman–Crippen MR) is 128 cm³/mol. The molecular formula is C22H25N5O3S2. The number of nitrogens with two attached hydrogens (primary N) is 2. The number of nitrogen functional groups attached to an aromatic ring is 1. The molecule has 8 nitrogen and oxygen atoms in total. The third kappa shape index (κ3) is 4.97. The smallest absolute Gasteiger partial charge is 0.273 e. The van der Waals surface area contributed by atoms with Crippen molar-refractivity contribution in [2.45, 2.75) is 39.3 Å². The van der Waals surface area contributed by atoms with Crippen LogP contribution >= 0.6 is 22.9 Å². The average molecular weight is 472 g/mol. The summed E-state index contributed by atoms with van der Waals surface area (Å²) in [5.74, 6) is -1.70. The summed E-state index contributed by atoms with van der Waals surface area (Å²) in [6.45, 7) is 7.54. The fourth-order valence-electron chi connectivity index (χ4n) is 3.09. The van der Waals surface area contributed by atoms with Crippen LogP contribution in [-0.4, -0.2) is 27.6 Å². The summed E-state index contributed by atoms with van der Waals surface area (Å²) in [6.07, 6.45) is 0. The Balaban J connectivity index is 2.18. The molecule has 1 atom stereocenters. The van der Waals surface area contributed by atoms with Crippen molar-refractivity contribution in [3.05, 3.63) is 62.8 Å². The molecule has 3 aromatic rings. The van der Waals surface area contributed by atoms with Crippen LogP contribution in [0.3, 0.4) is 0 Å². The maximum Gasteiger partial charge on any atom is 0.273 e. The topological polar surface area (TPSA) is 131 Å². The van der Waals surface area contributed by atoms with Crippen molar-refractivity contribution in [3.8, 4) is 0 Å². The molecule has 168 valence electrons. The van der Waals surface area contributed by atoms with Gasteiger partial charge < -0.3 is 16.8 Å². The van der Waals surface area contributed by atoms with Gasteiger partial charge in [0.1, 0.15) is 4.88 Å². The molecular weight excluding hydrogens is 446 g/mol. The van der Waals surface area contributed by atoms with E-state index in [0.717, 1.165) is 17.1 Å². The first-order valence-corrected chi connectivity index (χ1v) is 11.5. The predicted octanol–water partition coefficient (Wildman–Crippen LogP) is 3.50. The zero-order valence-corrected chi connectivity index (χ0v) is 19.8. The lowest BCUT2D eigenvalue weighted by Crippen LogP contribution is -2.49. The van der Waals surface area contributed by atoms with E-state index >= 15 is 0 Å². The molecule has 0 aliphatic rings. The average Bonchev–Trinajstić information content (AvgIpc) is 3.34. The maximum atomic E-state index is 13.8. The van der Waals surface area contributed by atoms with E-state index < -0.39 is 23.4 Å². The molecule has 5 N–H and O–H groups in total. The van der Waals surface area contributed by atoms with Crippen molar-refractivity contribution in [2.75, 3.05) is 10.6 Å². The molecule has 32 heavy (non-hydrogen) atoms. The molecule has 0 aliphatic carbocycles. The van der Waals surface area contributed by atoms with Gasteiger partial charge in [-0.2, -0.15) is 4.37 Å². The highest BCUT2D eigenvalue weighted by atomic mass is 32.1. The van der Waals surface area contributed by atoms with Crippen LogP contribution in [0.15, 0.2) is 41.8 Å². The van der Waals surface area contributed by atoms with E-state index in [2.05, 4.69) is 9.69 Å². The van der Waals surface area contributed by atoms with Crippen LogP contribution in [-0.2, 0) is 4.79 Å². The summed E-state index contributed by atoms with van der Waals surface area (Å²) in [5, 5.41) is 4.81. The Hall–Kier alpha value is -3.24. The summed E-state index contributed by atoms with van der Waals surface area (Å²) in [4.78, 5) is 41.0. The monoisotopic (exact) mass is 471 g/mol. The van der Waals surface area contributed by atoms with Gasteiger partial charge in [0.15, 0.2) is 11.7 Å². The normalized spacial score (nSPS) is 12.2. The largest absolute Gasteiger partial charge is 0.395 e. The minimum absolute atomic E-state index is 0.0458. The van der Waals surface area contributed by atoms with Gasteiger partial charge in [0.05, 0.1) is 5.69 Å². The minimum atomic E-state index is -0.956. The van der Waals surface area contributed by atoms with Crippen LogP contribution < -0.4 is 21.7 Å². The second-order valence-corrected chi connectivity index (χ2v) is 10.1. The number of anilines is 2. The van der Waals surface area contributed by atoms with Crippen LogP contribution in [0.4, 0.5) is 11.4 Å². The standard InChI is InChI=1S/C22H25N5O3S2/c1-12-7-9-13(10-8-12)27(21(30)18-15(23)16(19(24)28)26-32-18)17(14-6-5-11-31-14)20(29)25-22(2,3)4/h5-11,17H,23H2,1-4H3,(H2,24,28)(H,25,29)/t17-/m0/s1. The van der Waals surface area contributed by atoms with Gasteiger partial charge in [0, 0.05) is 16.1 Å². The quantitative estimate of drug-likeness (QED) is 0.506. The second kappa shape index (κ2) is 9.09. The van der Waals surface area contributed by atoms with Crippen molar-refractivity contribution >= 4 is 52.0 Å². The Morgan fingerprint density at radius 2 is 1.78 bits per heavy atom. The molecule has 2 heterocycles. The van der Waals surface area contributed by atoms with E-state index in [0.29, 0.717) is 10.6 Å². The highest BCUT2D eigenvalue weighted by Crippen LogP contribution is 2.35. The number of hydrogen-bond donors (Lipinski definition) is 3. The fraction of sp³-hybridized carbons (Fsp3) is 0.273. The third-order valence-electron chi connectivity index (χ3n) is 4.50. The van der Waals surface area contributed by atoms with E-state index in [9.17, 15) is 14.4 Å². The van der Waals surface area contributed by atoms with Gasteiger partial charge in [-0.15, -0.1) is 11.3 Å². The summed E-state index contributed by atoms with van der Waals surface area (Å²) < 4.78 is 3.95.